The molecule has 0 saturated carbocycles. The maximum Gasteiger partial charge on any atom is 0.276 e. The SMILES string of the molecule is O=S(=O)(N/N=C\c1ccc(N2CCOCC2)cc1)c1ccccc1. The summed E-state index contributed by atoms with van der Waals surface area (Å²) in [5.41, 5.74) is 1.95. The smallest absolute Gasteiger partial charge is 0.276 e. The number of hydrogen-bond donors (Lipinski definition) is 1. The third-order valence-corrected chi connectivity index (χ3v) is 4.95. The van der Waals surface area contributed by atoms with Crippen molar-refractivity contribution in [2.45, 2.75) is 4.90 Å². The largest absolute Gasteiger partial charge is 0.378 e. The van der Waals surface area contributed by atoms with Gasteiger partial charge in [0.2, 0.25) is 0 Å². The molecular formula is C17H19N3O3S. The fourth-order valence-electron chi connectivity index (χ4n) is 2.42. The molecule has 2 aromatic rings. The molecule has 7 heteroatoms. The minimum absolute atomic E-state index is 0.185. The standard InChI is InChI=1S/C17H19N3O3S/c21-24(22,17-4-2-1-3-5-17)19-18-14-15-6-8-16(9-7-15)20-10-12-23-13-11-20/h1-9,14,19H,10-13H2/b18-14-. The van der Waals surface area contributed by atoms with Crippen LogP contribution in [0, 0.1) is 0 Å². The summed E-state index contributed by atoms with van der Waals surface area (Å²) >= 11 is 0. The van der Waals surface area contributed by atoms with Crippen molar-refractivity contribution in [2.24, 2.45) is 5.10 Å². The van der Waals surface area contributed by atoms with Crippen molar-refractivity contribution >= 4 is 21.9 Å². The summed E-state index contributed by atoms with van der Waals surface area (Å²) in [4.78, 5) is 4.65. The lowest BCUT2D eigenvalue weighted by Gasteiger charge is -2.28. The second-order valence-electron chi connectivity index (χ2n) is 5.36. The van der Waals surface area contributed by atoms with Crippen LogP contribution in [0.1, 0.15) is 5.56 Å². The average Bonchev–Trinajstić information content (AvgIpc) is 2.64. The molecule has 1 N–H and O–H groups in total. The van der Waals surface area contributed by atoms with Gasteiger partial charge < -0.3 is 9.64 Å². The van der Waals surface area contributed by atoms with Crippen LogP contribution in [-0.2, 0) is 14.8 Å². The quantitative estimate of drug-likeness (QED) is 0.663. The molecule has 1 heterocycles. The van der Waals surface area contributed by atoms with Crippen LogP contribution in [0.4, 0.5) is 5.69 Å². The lowest BCUT2D eigenvalue weighted by atomic mass is 10.2. The molecule has 24 heavy (non-hydrogen) atoms. The Bertz CT molecular complexity index is 784. The fraction of sp³-hybridized carbons (Fsp3) is 0.235. The van der Waals surface area contributed by atoms with Crippen molar-refractivity contribution in [1.82, 2.24) is 4.83 Å². The normalized spacial score (nSPS) is 15.6. The van der Waals surface area contributed by atoms with Gasteiger partial charge >= 0.3 is 0 Å². The first-order valence-corrected chi connectivity index (χ1v) is 9.16. The lowest BCUT2D eigenvalue weighted by molar-refractivity contribution is 0.122. The maximum atomic E-state index is 12.0. The number of ether oxygens (including phenoxy) is 1. The van der Waals surface area contributed by atoms with Gasteiger partial charge in [0.05, 0.1) is 24.3 Å². The second-order valence-corrected chi connectivity index (χ2v) is 7.02. The van der Waals surface area contributed by atoms with Crippen molar-refractivity contribution in [1.29, 1.82) is 0 Å². The molecule has 126 valence electrons. The van der Waals surface area contributed by atoms with Crippen LogP contribution >= 0.6 is 0 Å². The van der Waals surface area contributed by atoms with Gasteiger partial charge in [-0.15, -0.1) is 0 Å². The highest BCUT2D eigenvalue weighted by Gasteiger charge is 2.12. The number of rotatable bonds is 5. The molecule has 3 rings (SSSR count). The fourth-order valence-corrected chi connectivity index (χ4v) is 3.23. The maximum absolute atomic E-state index is 12.0. The van der Waals surface area contributed by atoms with Gasteiger partial charge in [-0.2, -0.15) is 13.5 Å². The number of nitrogens with zero attached hydrogens (tertiary/aromatic N) is 2. The van der Waals surface area contributed by atoms with E-state index in [9.17, 15) is 8.42 Å². The molecule has 1 aliphatic heterocycles. The Kier molecular flexibility index (Phi) is 5.12. The van der Waals surface area contributed by atoms with E-state index in [1.165, 1.54) is 18.3 Å². The van der Waals surface area contributed by atoms with E-state index in [-0.39, 0.29) is 4.90 Å². The summed E-state index contributed by atoms with van der Waals surface area (Å²) in [5, 5.41) is 3.84. The molecule has 0 unspecified atom stereocenters. The van der Waals surface area contributed by atoms with Crippen LogP contribution in [-0.4, -0.2) is 40.9 Å². The summed E-state index contributed by atoms with van der Waals surface area (Å²) in [6, 6.07) is 16.0. The van der Waals surface area contributed by atoms with Crippen LogP contribution in [0.5, 0.6) is 0 Å². The van der Waals surface area contributed by atoms with Crippen LogP contribution in [0.15, 0.2) is 64.6 Å². The predicted octanol–water partition coefficient (Wildman–Crippen LogP) is 1.84. The third kappa shape index (κ3) is 4.12. The van der Waals surface area contributed by atoms with E-state index < -0.39 is 10.0 Å². The monoisotopic (exact) mass is 345 g/mol. The number of benzene rings is 2. The Balaban J connectivity index is 1.62. The highest BCUT2D eigenvalue weighted by atomic mass is 32.2. The zero-order chi connectivity index (χ0) is 16.8. The summed E-state index contributed by atoms with van der Waals surface area (Å²) in [7, 11) is -3.63. The molecule has 1 fully saturated rings. The van der Waals surface area contributed by atoms with E-state index in [2.05, 4.69) is 14.8 Å². The van der Waals surface area contributed by atoms with Gasteiger partial charge in [-0.05, 0) is 29.8 Å². The van der Waals surface area contributed by atoms with Crippen molar-refractivity contribution in [3.63, 3.8) is 0 Å². The summed E-state index contributed by atoms with van der Waals surface area (Å²) in [6.07, 6.45) is 1.49. The van der Waals surface area contributed by atoms with E-state index >= 15 is 0 Å². The Morgan fingerprint density at radius 1 is 1.00 bits per heavy atom. The average molecular weight is 345 g/mol. The van der Waals surface area contributed by atoms with Crippen LogP contribution in [0.3, 0.4) is 0 Å². The molecule has 1 saturated heterocycles. The van der Waals surface area contributed by atoms with Crippen molar-refractivity contribution in [2.75, 3.05) is 31.2 Å². The summed E-state index contributed by atoms with van der Waals surface area (Å²) in [5.74, 6) is 0. The number of anilines is 1. The van der Waals surface area contributed by atoms with Crippen LogP contribution in [0.2, 0.25) is 0 Å². The number of sulfonamides is 1. The molecule has 6 nitrogen and oxygen atoms in total. The van der Waals surface area contributed by atoms with Gasteiger partial charge in [-0.3, -0.25) is 0 Å². The first kappa shape index (κ1) is 16.5. The Hall–Kier alpha value is -2.38. The van der Waals surface area contributed by atoms with E-state index in [1.54, 1.807) is 18.2 Å². The number of hydrogen-bond acceptors (Lipinski definition) is 5. The first-order chi connectivity index (χ1) is 11.6. The molecule has 2 aromatic carbocycles. The molecule has 0 radical (unpaired) electrons. The van der Waals surface area contributed by atoms with E-state index in [1.807, 2.05) is 24.3 Å². The number of nitrogens with one attached hydrogen (secondary N) is 1. The van der Waals surface area contributed by atoms with E-state index in [0.717, 1.165) is 37.6 Å². The molecule has 0 aliphatic carbocycles. The van der Waals surface area contributed by atoms with Gasteiger partial charge in [0, 0.05) is 18.8 Å². The summed E-state index contributed by atoms with van der Waals surface area (Å²) in [6.45, 7) is 3.24. The third-order valence-electron chi connectivity index (χ3n) is 3.71. The number of hydrazone groups is 1. The van der Waals surface area contributed by atoms with Crippen molar-refractivity contribution in [3.05, 3.63) is 60.2 Å². The van der Waals surface area contributed by atoms with Crippen LogP contribution in [0.25, 0.3) is 0 Å². The minimum atomic E-state index is -3.63. The second kappa shape index (κ2) is 7.46. The molecule has 0 spiro atoms. The van der Waals surface area contributed by atoms with Gasteiger partial charge in [0.1, 0.15) is 0 Å². The van der Waals surface area contributed by atoms with E-state index in [0.29, 0.717) is 0 Å². The minimum Gasteiger partial charge on any atom is -0.378 e. The summed E-state index contributed by atoms with van der Waals surface area (Å²) < 4.78 is 29.4. The molecule has 0 aromatic heterocycles. The predicted molar refractivity (Wildman–Crippen MR) is 93.8 cm³/mol. The van der Waals surface area contributed by atoms with Gasteiger partial charge in [0.25, 0.3) is 10.0 Å². The topological polar surface area (TPSA) is 71.0 Å². The molecule has 0 bridgehead atoms. The highest BCUT2D eigenvalue weighted by Crippen LogP contribution is 2.16. The number of morpholine rings is 1. The van der Waals surface area contributed by atoms with Gasteiger partial charge in [-0.1, -0.05) is 30.3 Å². The first-order valence-electron chi connectivity index (χ1n) is 7.68. The zero-order valence-corrected chi connectivity index (χ0v) is 13.9. The Labute approximate surface area is 141 Å². The van der Waals surface area contributed by atoms with E-state index in [4.69, 9.17) is 4.74 Å². The lowest BCUT2D eigenvalue weighted by Crippen LogP contribution is -2.36. The zero-order valence-electron chi connectivity index (χ0n) is 13.1. The van der Waals surface area contributed by atoms with Crippen molar-refractivity contribution < 1.29 is 13.2 Å². The molecule has 0 atom stereocenters. The van der Waals surface area contributed by atoms with Crippen molar-refractivity contribution in [3.8, 4) is 0 Å². The molecule has 0 amide bonds. The Morgan fingerprint density at radius 3 is 2.33 bits per heavy atom. The van der Waals surface area contributed by atoms with Gasteiger partial charge in [-0.25, -0.2) is 4.83 Å². The molecular weight excluding hydrogens is 326 g/mol. The van der Waals surface area contributed by atoms with Gasteiger partial charge in [0.15, 0.2) is 0 Å². The van der Waals surface area contributed by atoms with Crippen LogP contribution < -0.4 is 9.73 Å². The molecule has 1 aliphatic rings. The Morgan fingerprint density at radius 2 is 1.67 bits per heavy atom. The highest BCUT2D eigenvalue weighted by molar-refractivity contribution is 7.89.